The zero-order valence-corrected chi connectivity index (χ0v) is 13.8. The molecule has 0 spiro atoms. The molecule has 1 aromatic rings. The SMILES string of the molecule is CCNC(CN1CCCC1=O)c1ccc(C(C)(C)C)cc1. The predicted octanol–water partition coefficient (Wildman–Crippen LogP) is 3.26. The molecule has 116 valence electrons. The Bertz CT molecular complexity index is 473. The van der Waals surface area contributed by atoms with E-state index >= 15 is 0 Å². The molecule has 1 amide bonds. The highest BCUT2D eigenvalue weighted by Crippen LogP contribution is 2.25. The Kier molecular flexibility index (Phi) is 5.04. The third-order valence-corrected chi connectivity index (χ3v) is 4.20. The third-order valence-electron chi connectivity index (χ3n) is 4.20. The van der Waals surface area contributed by atoms with Crippen molar-refractivity contribution in [2.24, 2.45) is 0 Å². The maximum atomic E-state index is 11.8. The normalized spacial score (nSPS) is 17.3. The van der Waals surface area contributed by atoms with Gasteiger partial charge in [-0.1, -0.05) is 52.0 Å². The van der Waals surface area contributed by atoms with E-state index < -0.39 is 0 Å². The summed E-state index contributed by atoms with van der Waals surface area (Å²) >= 11 is 0. The first-order chi connectivity index (χ1) is 9.91. The van der Waals surface area contributed by atoms with Gasteiger partial charge in [0.05, 0.1) is 0 Å². The van der Waals surface area contributed by atoms with Gasteiger partial charge in [0, 0.05) is 25.6 Å². The van der Waals surface area contributed by atoms with Crippen LogP contribution in [0.4, 0.5) is 0 Å². The maximum absolute atomic E-state index is 11.8. The number of carbonyl (C=O) groups is 1. The van der Waals surface area contributed by atoms with E-state index in [2.05, 4.69) is 57.3 Å². The highest BCUT2D eigenvalue weighted by atomic mass is 16.2. The lowest BCUT2D eigenvalue weighted by Crippen LogP contribution is -2.36. The summed E-state index contributed by atoms with van der Waals surface area (Å²) in [5.41, 5.74) is 2.79. The monoisotopic (exact) mass is 288 g/mol. The van der Waals surface area contributed by atoms with Crippen molar-refractivity contribution in [1.82, 2.24) is 10.2 Å². The summed E-state index contributed by atoms with van der Waals surface area (Å²) in [4.78, 5) is 13.8. The molecule has 0 saturated carbocycles. The van der Waals surface area contributed by atoms with Crippen molar-refractivity contribution in [1.29, 1.82) is 0 Å². The van der Waals surface area contributed by atoms with Crippen molar-refractivity contribution in [2.45, 2.75) is 52.0 Å². The Morgan fingerprint density at radius 1 is 1.24 bits per heavy atom. The molecule has 1 aliphatic rings. The number of amides is 1. The van der Waals surface area contributed by atoms with Crippen molar-refractivity contribution in [2.75, 3.05) is 19.6 Å². The van der Waals surface area contributed by atoms with Crippen LogP contribution in [0.1, 0.15) is 57.7 Å². The summed E-state index contributed by atoms with van der Waals surface area (Å²) in [7, 11) is 0. The maximum Gasteiger partial charge on any atom is 0.222 e. The highest BCUT2D eigenvalue weighted by molar-refractivity contribution is 5.78. The van der Waals surface area contributed by atoms with Crippen LogP contribution in [0.2, 0.25) is 0 Å². The number of likely N-dealkylation sites (tertiary alicyclic amines) is 1. The molecular formula is C18H28N2O. The van der Waals surface area contributed by atoms with Gasteiger partial charge in [-0.2, -0.15) is 0 Å². The molecule has 1 aliphatic heterocycles. The molecule has 1 N–H and O–H groups in total. The van der Waals surface area contributed by atoms with Crippen molar-refractivity contribution in [3.8, 4) is 0 Å². The zero-order chi connectivity index (χ0) is 15.5. The fourth-order valence-corrected chi connectivity index (χ4v) is 2.87. The summed E-state index contributed by atoms with van der Waals surface area (Å²) in [5, 5.41) is 3.51. The molecule has 21 heavy (non-hydrogen) atoms. The third kappa shape index (κ3) is 4.07. The van der Waals surface area contributed by atoms with E-state index in [4.69, 9.17) is 0 Å². The number of rotatable bonds is 5. The van der Waals surface area contributed by atoms with Crippen LogP contribution in [-0.4, -0.2) is 30.4 Å². The Labute approximate surface area is 128 Å². The molecule has 3 heteroatoms. The van der Waals surface area contributed by atoms with Crippen LogP contribution in [0.15, 0.2) is 24.3 Å². The molecule has 1 aromatic carbocycles. The Morgan fingerprint density at radius 3 is 2.38 bits per heavy atom. The van der Waals surface area contributed by atoms with Gasteiger partial charge in [0.25, 0.3) is 0 Å². The Hall–Kier alpha value is -1.35. The fraction of sp³-hybridized carbons (Fsp3) is 0.611. The highest BCUT2D eigenvalue weighted by Gasteiger charge is 2.24. The zero-order valence-electron chi connectivity index (χ0n) is 13.8. The predicted molar refractivity (Wildman–Crippen MR) is 87.4 cm³/mol. The van der Waals surface area contributed by atoms with Crippen molar-refractivity contribution < 1.29 is 4.79 Å². The number of benzene rings is 1. The second-order valence-electron chi connectivity index (χ2n) is 6.93. The van der Waals surface area contributed by atoms with Gasteiger partial charge in [-0.3, -0.25) is 4.79 Å². The quantitative estimate of drug-likeness (QED) is 0.902. The van der Waals surface area contributed by atoms with Crippen LogP contribution >= 0.6 is 0 Å². The first kappa shape index (κ1) is 16.0. The average molecular weight is 288 g/mol. The van der Waals surface area contributed by atoms with E-state index in [1.54, 1.807) is 0 Å². The second-order valence-corrected chi connectivity index (χ2v) is 6.93. The molecule has 0 aromatic heterocycles. The first-order valence-electron chi connectivity index (χ1n) is 8.03. The number of nitrogens with one attached hydrogen (secondary N) is 1. The molecule has 0 radical (unpaired) electrons. The summed E-state index contributed by atoms with van der Waals surface area (Å²) in [6, 6.07) is 9.06. The molecular weight excluding hydrogens is 260 g/mol. The van der Waals surface area contributed by atoms with E-state index in [0.29, 0.717) is 12.3 Å². The van der Waals surface area contributed by atoms with Gasteiger partial charge in [-0.05, 0) is 29.5 Å². The van der Waals surface area contributed by atoms with E-state index in [-0.39, 0.29) is 11.5 Å². The minimum absolute atomic E-state index is 0.178. The van der Waals surface area contributed by atoms with Crippen LogP contribution in [0.25, 0.3) is 0 Å². The lowest BCUT2D eigenvalue weighted by molar-refractivity contribution is -0.128. The van der Waals surface area contributed by atoms with E-state index in [9.17, 15) is 4.79 Å². The lowest BCUT2D eigenvalue weighted by atomic mass is 9.86. The van der Waals surface area contributed by atoms with Crippen LogP contribution in [0.3, 0.4) is 0 Å². The van der Waals surface area contributed by atoms with Crippen LogP contribution in [0.5, 0.6) is 0 Å². The van der Waals surface area contributed by atoms with Gasteiger partial charge in [-0.25, -0.2) is 0 Å². The molecule has 1 unspecified atom stereocenters. The number of hydrogen-bond donors (Lipinski definition) is 1. The molecule has 1 fully saturated rings. The Balaban J connectivity index is 2.12. The van der Waals surface area contributed by atoms with Crippen molar-refractivity contribution >= 4 is 5.91 Å². The summed E-state index contributed by atoms with van der Waals surface area (Å²) in [5.74, 6) is 0.296. The van der Waals surface area contributed by atoms with E-state index in [1.165, 1.54) is 11.1 Å². The smallest absolute Gasteiger partial charge is 0.222 e. The molecule has 3 nitrogen and oxygen atoms in total. The van der Waals surface area contributed by atoms with E-state index in [1.807, 2.05) is 4.90 Å². The molecule has 0 bridgehead atoms. The largest absolute Gasteiger partial charge is 0.341 e. The van der Waals surface area contributed by atoms with Gasteiger partial charge in [0.1, 0.15) is 0 Å². The van der Waals surface area contributed by atoms with Gasteiger partial charge in [0.15, 0.2) is 0 Å². The lowest BCUT2D eigenvalue weighted by Gasteiger charge is -2.26. The number of likely N-dealkylation sites (N-methyl/N-ethyl adjacent to an activating group) is 1. The van der Waals surface area contributed by atoms with E-state index in [0.717, 1.165) is 26.1 Å². The molecule has 1 atom stereocenters. The summed E-state index contributed by atoms with van der Waals surface area (Å²) < 4.78 is 0. The van der Waals surface area contributed by atoms with Crippen LogP contribution in [-0.2, 0) is 10.2 Å². The number of nitrogens with zero attached hydrogens (tertiary/aromatic N) is 1. The van der Waals surface area contributed by atoms with Crippen LogP contribution in [0, 0.1) is 0 Å². The van der Waals surface area contributed by atoms with Gasteiger partial charge in [0.2, 0.25) is 5.91 Å². The Morgan fingerprint density at radius 2 is 1.90 bits per heavy atom. The minimum atomic E-state index is 0.178. The minimum Gasteiger partial charge on any atom is -0.341 e. The number of hydrogen-bond acceptors (Lipinski definition) is 2. The molecule has 1 saturated heterocycles. The molecule has 2 rings (SSSR count). The molecule has 0 aliphatic carbocycles. The summed E-state index contributed by atoms with van der Waals surface area (Å²) in [6.45, 7) is 11.4. The van der Waals surface area contributed by atoms with Gasteiger partial charge < -0.3 is 10.2 Å². The summed E-state index contributed by atoms with van der Waals surface area (Å²) in [6.07, 6.45) is 1.71. The van der Waals surface area contributed by atoms with Gasteiger partial charge >= 0.3 is 0 Å². The average Bonchev–Trinajstić information content (AvgIpc) is 2.83. The second kappa shape index (κ2) is 6.61. The fourth-order valence-electron chi connectivity index (χ4n) is 2.87. The number of carbonyl (C=O) groups excluding carboxylic acids is 1. The van der Waals surface area contributed by atoms with Crippen molar-refractivity contribution in [3.05, 3.63) is 35.4 Å². The van der Waals surface area contributed by atoms with Crippen molar-refractivity contribution in [3.63, 3.8) is 0 Å². The van der Waals surface area contributed by atoms with Crippen LogP contribution < -0.4 is 5.32 Å². The topological polar surface area (TPSA) is 32.3 Å². The van der Waals surface area contributed by atoms with Gasteiger partial charge in [-0.15, -0.1) is 0 Å². The molecule has 1 heterocycles. The standard InChI is InChI=1S/C18H28N2O/c1-5-19-16(13-20-12-6-7-17(20)21)14-8-10-15(11-9-14)18(2,3)4/h8-11,16,19H,5-7,12-13H2,1-4H3. The first-order valence-corrected chi connectivity index (χ1v) is 8.03.